The molecule has 1 aromatic carbocycles. The van der Waals surface area contributed by atoms with E-state index in [1.54, 1.807) is 0 Å². The third kappa shape index (κ3) is 4.57. The van der Waals surface area contributed by atoms with Crippen molar-refractivity contribution in [3.05, 3.63) is 29.8 Å². The van der Waals surface area contributed by atoms with E-state index in [4.69, 9.17) is 0 Å². The predicted molar refractivity (Wildman–Crippen MR) is 92.0 cm³/mol. The number of nitrogens with one attached hydrogen (secondary N) is 1. The molecule has 0 heterocycles. The molecule has 0 spiro atoms. The molecule has 122 valence electrons. The van der Waals surface area contributed by atoms with Crippen LogP contribution in [-0.4, -0.2) is 18.0 Å². The van der Waals surface area contributed by atoms with Crippen molar-refractivity contribution in [1.29, 1.82) is 0 Å². The van der Waals surface area contributed by atoms with Crippen LogP contribution in [0.5, 0.6) is 0 Å². The van der Waals surface area contributed by atoms with Gasteiger partial charge in [-0.15, -0.1) is 0 Å². The lowest BCUT2D eigenvalue weighted by Gasteiger charge is -2.28. The fourth-order valence-electron chi connectivity index (χ4n) is 3.30. The minimum absolute atomic E-state index is 0.0321. The largest absolute Gasteiger partial charge is 0.334 e. The number of hydrogen-bond acceptors (Lipinski definition) is 1. The number of rotatable bonds is 5. The zero-order valence-electron chi connectivity index (χ0n) is 14.4. The lowest BCUT2D eigenvalue weighted by atomic mass is 9.85. The van der Waals surface area contributed by atoms with Gasteiger partial charge >= 0.3 is 0 Å². The van der Waals surface area contributed by atoms with E-state index in [2.05, 4.69) is 43.5 Å². The summed E-state index contributed by atoms with van der Waals surface area (Å²) in [6, 6.07) is 8.76. The number of carbonyl (C=O) groups excluding carboxylic acids is 1. The predicted octanol–water partition coefficient (Wildman–Crippen LogP) is 3.28. The monoisotopic (exact) mass is 303 g/mol. The smallest absolute Gasteiger partial charge is 0.282 e. The van der Waals surface area contributed by atoms with Gasteiger partial charge in [0.25, 0.3) is 5.91 Å². The number of nitrogens with two attached hydrogens (primary N) is 1. The number of benzene rings is 1. The molecule has 1 amide bonds. The lowest BCUT2D eigenvalue weighted by Crippen LogP contribution is -2.97. The minimum Gasteiger partial charge on any atom is -0.334 e. The van der Waals surface area contributed by atoms with Crippen LogP contribution < -0.4 is 10.6 Å². The van der Waals surface area contributed by atoms with E-state index in [0.29, 0.717) is 17.9 Å². The molecule has 0 radical (unpaired) electrons. The van der Waals surface area contributed by atoms with E-state index in [0.717, 1.165) is 5.69 Å². The Kier molecular flexibility index (Phi) is 6.01. The molecule has 22 heavy (non-hydrogen) atoms. The molecule has 1 aliphatic rings. The van der Waals surface area contributed by atoms with Crippen molar-refractivity contribution < 1.29 is 10.1 Å². The summed E-state index contributed by atoms with van der Waals surface area (Å²) in [5.74, 6) is 1.34. The van der Waals surface area contributed by atoms with Gasteiger partial charge < -0.3 is 10.6 Å². The van der Waals surface area contributed by atoms with Gasteiger partial charge in [-0.1, -0.05) is 39.3 Å². The first-order chi connectivity index (χ1) is 10.5. The normalized spacial score (nSPS) is 23.3. The van der Waals surface area contributed by atoms with Crippen LogP contribution in [0.1, 0.15) is 64.9 Å². The number of anilines is 1. The maximum Gasteiger partial charge on any atom is 0.282 e. The van der Waals surface area contributed by atoms with Crippen molar-refractivity contribution in [3.63, 3.8) is 0 Å². The second-order valence-electron chi connectivity index (χ2n) is 7.17. The Balaban J connectivity index is 1.87. The topological polar surface area (TPSA) is 45.7 Å². The molecular formula is C19H31N2O+. The maximum absolute atomic E-state index is 12.4. The molecule has 1 aromatic rings. The van der Waals surface area contributed by atoms with Crippen LogP contribution in [0.4, 0.5) is 5.69 Å². The Morgan fingerprint density at radius 2 is 1.77 bits per heavy atom. The fraction of sp³-hybridized carbons (Fsp3) is 0.632. The lowest BCUT2D eigenvalue weighted by molar-refractivity contribution is -0.714. The number of hydrogen-bond donors (Lipinski definition) is 2. The zero-order chi connectivity index (χ0) is 16.1. The first-order valence-electron chi connectivity index (χ1n) is 8.73. The molecule has 0 saturated heterocycles. The highest BCUT2D eigenvalue weighted by molar-refractivity contribution is 5.93. The van der Waals surface area contributed by atoms with Crippen LogP contribution in [0.15, 0.2) is 24.3 Å². The molecule has 0 unspecified atom stereocenters. The molecule has 1 fully saturated rings. The summed E-state index contributed by atoms with van der Waals surface area (Å²) in [4.78, 5) is 12.4. The van der Waals surface area contributed by atoms with Crippen LogP contribution in [0, 0.1) is 5.92 Å². The van der Waals surface area contributed by atoms with Crippen molar-refractivity contribution in [2.24, 2.45) is 5.92 Å². The molecule has 0 aromatic heterocycles. The quantitative estimate of drug-likeness (QED) is 0.861. The maximum atomic E-state index is 12.4. The van der Waals surface area contributed by atoms with Gasteiger partial charge in [-0.25, -0.2) is 0 Å². The Morgan fingerprint density at radius 3 is 2.36 bits per heavy atom. The summed E-state index contributed by atoms with van der Waals surface area (Å²) in [7, 11) is 0. The molecule has 3 N–H and O–H groups in total. The highest BCUT2D eigenvalue weighted by Gasteiger charge is 2.28. The second kappa shape index (κ2) is 7.77. The van der Waals surface area contributed by atoms with Gasteiger partial charge in [-0.2, -0.15) is 0 Å². The van der Waals surface area contributed by atoms with E-state index < -0.39 is 0 Å². The van der Waals surface area contributed by atoms with Crippen LogP contribution >= 0.6 is 0 Å². The summed E-state index contributed by atoms with van der Waals surface area (Å²) in [5.41, 5.74) is 2.19. The molecular weight excluding hydrogens is 272 g/mol. The van der Waals surface area contributed by atoms with Gasteiger partial charge in [-0.05, 0) is 49.8 Å². The Hall–Kier alpha value is -1.35. The summed E-state index contributed by atoms with van der Waals surface area (Å²) in [6.45, 7) is 8.68. The Bertz CT molecular complexity index is 481. The Labute approximate surface area is 134 Å². The fourth-order valence-corrected chi connectivity index (χ4v) is 3.30. The van der Waals surface area contributed by atoms with Crippen molar-refractivity contribution >= 4 is 11.6 Å². The van der Waals surface area contributed by atoms with Crippen molar-refractivity contribution in [2.75, 3.05) is 5.32 Å². The molecule has 3 atom stereocenters. The molecule has 2 rings (SSSR count). The number of amides is 1. The third-order valence-electron chi connectivity index (χ3n) is 4.97. The van der Waals surface area contributed by atoms with Crippen LogP contribution in [0.3, 0.4) is 0 Å². The highest BCUT2D eigenvalue weighted by atomic mass is 16.2. The average Bonchev–Trinajstić information content (AvgIpc) is 2.50. The zero-order valence-corrected chi connectivity index (χ0v) is 14.4. The number of quaternary nitrogens is 1. The van der Waals surface area contributed by atoms with Gasteiger partial charge in [0.15, 0.2) is 6.04 Å². The summed E-state index contributed by atoms with van der Waals surface area (Å²) in [6.07, 6.45) is 5.18. The van der Waals surface area contributed by atoms with Crippen molar-refractivity contribution in [3.8, 4) is 0 Å². The Morgan fingerprint density at radius 1 is 1.14 bits per heavy atom. The van der Waals surface area contributed by atoms with Crippen molar-refractivity contribution in [2.45, 2.75) is 71.4 Å². The third-order valence-corrected chi connectivity index (χ3v) is 4.97. The molecule has 1 saturated carbocycles. The highest BCUT2D eigenvalue weighted by Crippen LogP contribution is 2.21. The standard InChI is InChI=1S/C19H30N2O/c1-13(2)16-9-11-17(12-10-16)21-19(22)15(4)20-18-8-6-5-7-14(18)3/h9-15,18,20H,5-8H2,1-4H3,(H,21,22)/p+1/t14-,15+,18-/m1/s1. The van der Waals surface area contributed by atoms with E-state index in [9.17, 15) is 4.79 Å². The average molecular weight is 303 g/mol. The van der Waals surface area contributed by atoms with E-state index in [-0.39, 0.29) is 11.9 Å². The molecule has 3 nitrogen and oxygen atoms in total. The van der Waals surface area contributed by atoms with Gasteiger partial charge in [0.2, 0.25) is 0 Å². The van der Waals surface area contributed by atoms with Crippen molar-refractivity contribution in [1.82, 2.24) is 0 Å². The van der Waals surface area contributed by atoms with Gasteiger partial charge in [-0.3, -0.25) is 4.79 Å². The molecule has 0 aliphatic heterocycles. The SMILES string of the molecule is CC(C)c1ccc(NC(=O)[C@H](C)[NH2+][C@@H]2CCCC[C@H]2C)cc1. The molecule has 0 bridgehead atoms. The molecule has 3 heteroatoms. The van der Waals surface area contributed by atoms with Gasteiger partial charge in [0, 0.05) is 11.6 Å². The second-order valence-corrected chi connectivity index (χ2v) is 7.17. The minimum atomic E-state index is -0.0321. The molecule has 1 aliphatic carbocycles. The summed E-state index contributed by atoms with van der Waals surface area (Å²) < 4.78 is 0. The van der Waals surface area contributed by atoms with Gasteiger partial charge in [0.1, 0.15) is 0 Å². The van der Waals surface area contributed by atoms with E-state index in [1.165, 1.54) is 31.2 Å². The number of carbonyl (C=O) groups is 1. The summed E-state index contributed by atoms with van der Waals surface area (Å²) in [5, 5.41) is 5.31. The van der Waals surface area contributed by atoms with Crippen LogP contribution in [-0.2, 0) is 4.79 Å². The first-order valence-corrected chi connectivity index (χ1v) is 8.73. The van der Waals surface area contributed by atoms with Crippen LogP contribution in [0.25, 0.3) is 0 Å². The van der Waals surface area contributed by atoms with E-state index in [1.807, 2.05) is 19.1 Å². The van der Waals surface area contributed by atoms with E-state index >= 15 is 0 Å². The summed E-state index contributed by atoms with van der Waals surface area (Å²) >= 11 is 0. The first kappa shape index (κ1) is 17.0. The van der Waals surface area contributed by atoms with Crippen LogP contribution in [0.2, 0.25) is 0 Å². The van der Waals surface area contributed by atoms with Gasteiger partial charge in [0.05, 0.1) is 6.04 Å².